The predicted octanol–water partition coefficient (Wildman–Crippen LogP) is 16.1. The normalized spacial score (nSPS) is 51.2. The Morgan fingerprint density at radius 1 is 0.333 bits per heavy atom. The first-order valence-corrected chi connectivity index (χ1v) is 38.5. The van der Waals surface area contributed by atoms with Gasteiger partial charge in [0.25, 0.3) is 0 Å². The quantitative estimate of drug-likeness (QED) is 0.189. The number of nitrogens with zero attached hydrogens (tertiary/aromatic N) is 4. The molecule has 8 heteroatoms. The second kappa shape index (κ2) is 18.7. The molecule has 6 aliphatic heterocycles. The van der Waals surface area contributed by atoms with Gasteiger partial charge in [-0.25, -0.2) is 0 Å². The number of para-hydroxylation sites is 4. The topological polar surface area (TPSA) is 31.4 Å². The predicted molar refractivity (Wildman–Crippen MR) is 345 cm³/mol. The highest BCUT2D eigenvalue weighted by atomic mass is 31.1. The maximum Gasteiger partial charge on any atom is 0.0702 e. The molecule has 4 aromatic rings. The Balaban J connectivity index is 0.791. The van der Waals surface area contributed by atoms with Gasteiger partial charge in [0.05, 0.1) is 24.4 Å². The van der Waals surface area contributed by atoms with Gasteiger partial charge in [-0.2, -0.15) is 0 Å². The molecule has 0 bridgehead atoms. The smallest absolute Gasteiger partial charge is 0.0702 e. The Kier molecular flexibility index (Phi) is 11.5. The van der Waals surface area contributed by atoms with E-state index in [1.165, 1.54) is 138 Å². The molecule has 6 saturated heterocycles. The zero-order valence-corrected chi connectivity index (χ0v) is 52.7. The maximum atomic E-state index is 8.80. The highest BCUT2D eigenvalue weighted by Gasteiger charge is 2.78. The molecule has 442 valence electrons. The molecule has 0 amide bonds. The molecular formula is C76H96N4O2P2. The first kappa shape index (κ1) is 51.7. The van der Waals surface area contributed by atoms with Crippen molar-refractivity contribution >= 4 is 38.6 Å². The molecule has 6 nitrogen and oxygen atoms in total. The summed E-state index contributed by atoms with van der Waals surface area (Å²) in [5.41, 5.74) is 10.6. The van der Waals surface area contributed by atoms with Crippen LogP contribution in [0.2, 0.25) is 0 Å². The summed E-state index contributed by atoms with van der Waals surface area (Å²) in [5, 5.41) is 0. The van der Waals surface area contributed by atoms with Crippen LogP contribution in [0.4, 0.5) is 22.7 Å². The lowest BCUT2D eigenvalue weighted by Gasteiger charge is -2.77. The SMILES string of the molecule is CC1(C)C2CCCCC2C2CC3C4C(OC5CC6C(CC7OC8C9C(CC%10C%11CCCCC%11C(C)(C)C%108)N(c8ccccc8)C8CCCC%10C8P9C7C6N%10c6ccccc6)C6C5P4C4C(CCCC4N6c4ccccc4)N3c3ccccc3)C21. The summed E-state index contributed by atoms with van der Waals surface area (Å²) in [7, 11) is -0.739. The second-order valence-corrected chi connectivity index (χ2v) is 38.1. The van der Waals surface area contributed by atoms with Gasteiger partial charge in [0.1, 0.15) is 0 Å². The van der Waals surface area contributed by atoms with E-state index < -0.39 is 0 Å². The number of ether oxygens (including phenoxy) is 2. The maximum absolute atomic E-state index is 8.80. The van der Waals surface area contributed by atoms with Gasteiger partial charge < -0.3 is 29.1 Å². The minimum absolute atomic E-state index is 0.308. The third kappa shape index (κ3) is 6.71. The minimum Gasteiger partial charge on any atom is -0.373 e. The summed E-state index contributed by atoms with van der Waals surface area (Å²) in [6.07, 6.45) is 26.4. The van der Waals surface area contributed by atoms with Crippen molar-refractivity contribution in [1.82, 2.24) is 0 Å². The molecule has 30 atom stereocenters. The van der Waals surface area contributed by atoms with Crippen LogP contribution in [0.3, 0.4) is 0 Å². The van der Waals surface area contributed by atoms with Crippen molar-refractivity contribution in [2.45, 2.75) is 250 Å². The molecule has 0 radical (unpaired) electrons. The summed E-state index contributed by atoms with van der Waals surface area (Å²) in [6.45, 7) is 11.2. The standard InChI is InChI=1S/C76H96N4O2P2/c1-75(2)53-33-19-17-31-47(53)49-39-59-71-67(63(49)75)81-61-41-51-52(65-73(61)83(71)69-55(77(59)43-23-9-5-10-24-43)35-21-37-57(69)79(65)45-27-13-7-14-28-45)42-62-74-66(51)80(46-29-15-8-16-30-46)58-38-22-36-56-70(58)84(74)72-60(78(56)44-25-11-6-12-26-44)40-50-48-32-18-20-34-54(48)76(3,4)64(50)68(72)82-62/h5-16,23-30,47-74H,17-22,31-42H2,1-4H3. The number of hydrogen-bond acceptors (Lipinski definition) is 6. The van der Waals surface area contributed by atoms with Gasteiger partial charge in [-0.3, -0.25) is 0 Å². The Bertz CT molecular complexity index is 2940. The van der Waals surface area contributed by atoms with Crippen LogP contribution in [0.5, 0.6) is 0 Å². The Hall–Kier alpha value is -3.14. The van der Waals surface area contributed by atoms with Gasteiger partial charge in [-0.15, -0.1) is 0 Å². The molecule has 84 heavy (non-hydrogen) atoms. The van der Waals surface area contributed by atoms with E-state index in [9.17, 15) is 0 Å². The van der Waals surface area contributed by atoms with Crippen LogP contribution < -0.4 is 19.6 Å². The zero-order chi connectivity index (χ0) is 55.2. The fourth-order valence-electron chi connectivity index (χ4n) is 28.0. The van der Waals surface area contributed by atoms with E-state index in [-0.39, 0.29) is 15.8 Å². The van der Waals surface area contributed by atoms with Crippen LogP contribution in [-0.2, 0) is 9.47 Å². The summed E-state index contributed by atoms with van der Waals surface area (Å²) >= 11 is 0. The molecule has 4 aromatic carbocycles. The number of benzene rings is 4. The van der Waals surface area contributed by atoms with Gasteiger partial charge in [-0.05, 0) is 208 Å². The molecule has 0 spiro atoms. The van der Waals surface area contributed by atoms with E-state index in [1.54, 1.807) is 0 Å². The van der Waals surface area contributed by atoms with Crippen LogP contribution in [0.25, 0.3) is 0 Å². The fraction of sp³-hybridized carbons (Fsp3) is 0.684. The average molecular weight is 1160 g/mol. The first-order valence-electron chi connectivity index (χ1n) is 35.4. The van der Waals surface area contributed by atoms with Crippen molar-refractivity contribution in [2.24, 2.45) is 70.0 Å². The van der Waals surface area contributed by atoms with Gasteiger partial charge >= 0.3 is 0 Å². The van der Waals surface area contributed by atoms with Crippen molar-refractivity contribution in [2.75, 3.05) is 19.6 Å². The average Bonchev–Trinajstić information content (AvgIpc) is 0.935. The largest absolute Gasteiger partial charge is 0.373 e. The first-order chi connectivity index (χ1) is 41.3. The van der Waals surface area contributed by atoms with E-state index in [2.05, 4.69) is 169 Å². The van der Waals surface area contributed by atoms with Gasteiger partial charge in [0.15, 0.2) is 0 Å². The van der Waals surface area contributed by atoms with E-state index in [0.717, 1.165) is 35.5 Å². The van der Waals surface area contributed by atoms with Crippen molar-refractivity contribution in [3.63, 3.8) is 0 Å². The molecule has 30 unspecified atom stereocenters. The minimum atomic E-state index is -0.370. The highest BCUT2D eigenvalue weighted by Crippen LogP contribution is 2.81. The lowest BCUT2D eigenvalue weighted by Crippen LogP contribution is -2.83. The lowest BCUT2D eigenvalue weighted by molar-refractivity contribution is -0.160. The third-order valence-corrected chi connectivity index (χ3v) is 37.8. The van der Waals surface area contributed by atoms with E-state index in [0.29, 0.717) is 141 Å². The summed E-state index contributed by atoms with van der Waals surface area (Å²) in [6, 6.07) is 53.3. The van der Waals surface area contributed by atoms with E-state index in [1.807, 2.05) is 0 Å². The molecule has 10 aliphatic carbocycles. The molecule has 16 fully saturated rings. The molecule has 0 N–H and O–H groups in total. The van der Waals surface area contributed by atoms with Crippen molar-refractivity contribution in [3.8, 4) is 0 Å². The summed E-state index contributed by atoms with van der Waals surface area (Å²) in [5.74, 6) is 7.42. The van der Waals surface area contributed by atoms with E-state index in [4.69, 9.17) is 9.47 Å². The highest BCUT2D eigenvalue weighted by molar-refractivity contribution is 7.61. The molecule has 16 aliphatic rings. The fourth-order valence-corrected chi connectivity index (χ4v) is 38.2. The number of rotatable bonds is 4. The van der Waals surface area contributed by atoms with Gasteiger partial charge in [0, 0.05) is 105 Å². The summed E-state index contributed by atoms with van der Waals surface area (Å²) in [4.78, 5) is 12.9. The second-order valence-electron chi connectivity index (χ2n) is 32.7. The van der Waals surface area contributed by atoms with Gasteiger partial charge in [0.2, 0.25) is 0 Å². The van der Waals surface area contributed by atoms with Crippen molar-refractivity contribution in [3.05, 3.63) is 121 Å². The van der Waals surface area contributed by atoms with Crippen LogP contribution >= 0.6 is 15.8 Å². The van der Waals surface area contributed by atoms with E-state index >= 15 is 0 Å². The van der Waals surface area contributed by atoms with Crippen LogP contribution in [0.1, 0.15) is 143 Å². The monoisotopic (exact) mass is 1160 g/mol. The summed E-state index contributed by atoms with van der Waals surface area (Å²) < 4.78 is 17.6. The molecule has 6 heterocycles. The Morgan fingerprint density at radius 2 is 0.679 bits per heavy atom. The molecule has 10 saturated carbocycles. The van der Waals surface area contributed by atoms with Crippen molar-refractivity contribution < 1.29 is 9.47 Å². The third-order valence-electron chi connectivity index (χ3n) is 29.7. The Morgan fingerprint density at radius 3 is 1.06 bits per heavy atom. The lowest BCUT2D eigenvalue weighted by atomic mass is 9.60. The van der Waals surface area contributed by atoms with Crippen LogP contribution in [0, 0.1) is 70.0 Å². The Labute approximate surface area is 506 Å². The van der Waals surface area contributed by atoms with Crippen LogP contribution in [0.15, 0.2) is 121 Å². The zero-order valence-electron chi connectivity index (χ0n) is 50.9. The molecular weight excluding hydrogens is 1060 g/mol. The van der Waals surface area contributed by atoms with Crippen molar-refractivity contribution in [1.29, 1.82) is 0 Å². The number of anilines is 4. The number of fused-ring (bicyclic) bond motifs is 11. The number of hydrogen-bond donors (Lipinski definition) is 0. The van der Waals surface area contributed by atoms with Crippen LogP contribution in [-0.4, -0.2) is 107 Å². The van der Waals surface area contributed by atoms with Gasteiger partial charge in [-0.1, -0.05) is 142 Å². The molecule has 20 rings (SSSR count). The molecule has 0 aromatic heterocycles.